The van der Waals surface area contributed by atoms with E-state index >= 15 is 0 Å². The number of piperidine rings is 1. The summed E-state index contributed by atoms with van der Waals surface area (Å²) >= 11 is 6.00. The monoisotopic (exact) mass is 421 g/mol. The second-order valence-electron chi connectivity index (χ2n) is 9.35. The van der Waals surface area contributed by atoms with Crippen molar-refractivity contribution in [2.75, 3.05) is 26.2 Å². The van der Waals surface area contributed by atoms with Crippen LogP contribution in [0.3, 0.4) is 0 Å². The first-order valence-electron chi connectivity index (χ1n) is 10.3. The van der Waals surface area contributed by atoms with Crippen LogP contribution in [0, 0.1) is 17.3 Å². The largest absolute Gasteiger partial charge is 0.384 e. The van der Waals surface area contributed by atoms with Gasteiger partial charge in [0.2, 0.25) is 11.8 Å². The number of hydrogen-bond acceptors (Lipinski definition) is 4. The second kappa shape index (κ2) is 8.25. The van der Waals surface area contributed by atoms with Gasteiger partial charge in [0, 0.05) is 36.6 Å². The SMILES string of the molecule is CC(C)[C@@H](NC(=O)C1CNC1)C(=O)N1CC[C@](O)(c2ccc(Cl)cc2)C(C)(C)C1. The molecule has 7 heteroatoms. The van der Waals surface area contributed by atoms with Crippen LogP contribution in [0.15, 0.2) is 24.3 Å². The predicted octanol–water partition coefficient (Wildman–Crippen LogP) is 2.15. The molecule has 0 unspecified atom stereocenters. The summed E-state index contributed by atoms with van der Waals surface area (Å²) in [6.07, 6.45) is 0.429. The molecule has 2 atom stereocenters. The quantitative estimate of drug-likeness (QED) is 0.680. The Balaban J connectivity index is 1.74. The number of nitrogens with zero attached hydrogens (tertiary/aromatic N) is 1. The van der Waals surface area contributed by atoms with Gasteiger partial charge in [0.05, 0.1) is 11.5 Å². The smallest absolute Gasteiger partial charge is 0.245 e. The fourth-order valence-electron chi connectivity index (χ4n) is 4.23. The van der Waals surface area contributed by atoms with Crippen LogP contribution in [0.2, 0.25) is 5.02 Å². The fourth-order valence-corrected chi connectivity index (χ4v) is 4.35. The third kappa shape index (κ3) is 4.30. The second-order valence-corrected chi connectivity index (χ2v) is 9.78. The number of carbonyl (C=O) groups is 2. The van der Waals surface area contributed by atoms with Crippen LogP contribution < -0.4 is 10.6 Å². The van der Waals surface area contributed by atoms with Gasteiger partial charge in [0.25, 0.3) is 0 Å². The van der Waals surface area contributed by atoms with Crippen molar-refractivity contribution in [1.29, 1.82) is 0 Å². The predicted molar refractivity (Wildman–Crippen MR) is 113 cm³/mol. The normalized spacial score (nSPS) is 25.4. The van der Waals surface area contributed by atoms with Crippen molar-refractivity contribution in [1.82, 2.24) is 15.5 Å². The molecule has 2 aliphatic rings. The first-order valence-corrected chi connectivity index (χ1v) is 10.7. The van der Waals surface area contributed by atoms with E-state index in [1.807, 2.05) is 39.8 Å². The average Bonchev–Trinajstić information content (AvgIpc) is 2.60. The zero-order valence-electron chi connectivity index (χ0n) is 17.7. The minimum absolute atomic E-state index is 0.0142. The van der Waals surface area contributed by atoms with Gasteiger partial charge in [-0.25, -0.2) is 0 Å². The molecule has 6 nitrogen and oxygen atoms in total. The number of benzene rings is 1. The van der Waals surface area contributed by atoms with E-state index in [1.54, 1.807) is 17.0 Å². The molecule has 2 heterocycles. The molecule has 0 bridgehead atoms. The van der Waals surface area contributed by atoms with E-state index in [1.165, 1.54) is 0 Å². The van der Waals surface area contributed by atoms with Crippen LogP contribution in [0.25, 0.3) is 0 Å². The summed E-state index contributed by atoms with van der Waals surface area (Å²) in [5, 5.41) is 18.2. The van der Waals surface area contributed by atoms with Crippen LogP contribution in [0.4, 0.5) is 0 Å². The number of likely N-dealkylation sites (tertiary alicyclic amines) is 1. The summed E-state index contributed by atoms with van der Waals surface area (Å²) in [4.78, 5) is 27.5. The molecule has 0 saturated carbocycles. The lowest BCUT2D eigenvalue weighted by molar-refractivity contribution is -0.157. The van der Waals surface area contributed by atoms with Crippen molar-refractivity contribution in [3.8, 4) is 0 Å². The van der Waals surface area contributed by atoms with Crippen LogP contribution in [-0.2, 0) is 15.2 Å². The van der Waals surface area contributed by atoms with Crippen LogP contribution >= 0.6 is 11.6 Å². The van der Waals surface area contributed by atoms with Gasteiger partial charge < -0.3 is 20.6 Å². The summed E-state index contributed by atoms with van der Waals surface area (Å²) in [6, 6.07) is 6.71. The topological polar surface area (TPSA) is 81.7 Å². The summed E-state index contributed by atoms with van der Waals surface area (Å²) in [5.41, 5.74) is -0.800. The van der Waals surface area contributed by atoms with E-state index in [2.05, 4.69) is 10.6 Å². The molecular formula is C22H32ClN3O3. The molecule has 1 aromatic carbocycles. The molecule has 2 amide bonds. The Morgan fingerprint density at radius 2 is 1.86 bits per heavy atom. The molecule has 2 aliphatic heterocycles. The highest BCUT2D eigenvalue weighted by atomic mass is 35.5. The van der Waals surface area contributed by atoms with E-state index in [0.717, 1.165) is 5.56 Å². The molecule has 0 radical (unpaired) electrons. The summed E-state index contributed by atoms with van der Waals surface area (Å²) in [6.45, 7) is 10.0. The van der Waals surface area contributed by atoms with Crippen molar-refractivity contribution in [3.05, 3.63) is 34.9 Å². The molecule has 0 aromatic heterocycles. The fraction of sp³-hybridized carbons (Fsp3) is 0.636. The van der Waals surface area contributed by atoms with Crippen LogP contribution in [0.5, 0.6) is 0 Å². The lowest BCUT2D eigenvalue weighted by atomic mass is 9.66. The standard InChI is InChI=1S/C22H32ClN3O3/c1-14(2)18(25-19(27)15-11-24-12-15)20(28)26-10-9-22(29,21(3,4)13-26)16-5-7-17(23)8-6-16/h5-8,14-15,18,24,29H,9-13H2,1-4H3,(H,25,27)/t18-,22+/m1/s1. The van der Waals surface area contributed by atoms with Crippen molar-refractivity contribution in [2.45, 2.75) is 45.8 Å². The number of amides is 2. The minimum atomic E-state index is -1.05. The van der Waals surface area contributed by atoms with Crippen molar-refractivity contribution >= 4 is 23.4 Å². The van der Waals surface area contributed by atoms with Gasteiger partial charge in [-0.15, -0.1) is 0 Å². The molecule has 2 fully saturated rings. The molecular weight excluding hydrogens is 390 g/mol. The molecule has 0 spiro atoms. The summed E-state index contributed by atoms with van der Waals surface area (Å²) in [5.74, 6) is -0.215. The lowest BCUT2D eigenvalue weighted by Gasteiger charge is -2.51. The Hall–Kier alpha value is -1.63. The lowest BCUT2D eigenvalue weighted by Crippen LogP contribution is -2.62. The third-order valence-electron chi connectivity index (χ3n) is 6.47. The van der Waals surface area contributed by atoms with Crippen LogP contribution in [-0.4, -0.2) is 54.0 Å². The van der Waals surface area contributed by atoms with E-state index in [0.29, 0.717) is 37.6 Å². The van der Waals surface area contributed by atoms with Crippen molar-refractivity contribution in [3.63, 3.8) is 0 Å². The number of hydrogen-bond donors (Lipinski definition) is 3. The van der Waals surface area contributed by atoms with Gasteiger partial charge in [-0.05, 0) is 30.0 Å². The molecule has 1 aromatic rings. The number of aliphatic hydroxyl groups is 1. The molecule has 2 saturated heterocycles. The van der Waals surface area contributed by atoms with Crippen molar-refractivity contribution < 1.29 is 14.7 Å². The van der Waals surface area contributed by atoms with Crippen LogP contribution in [0.1, 0.15) is 39.7 Å². The van der Waals surface area contributed by atoms with E-state index < -0.39 is 17.1 Å². The average molecular weight is 422 g/mol. The van der Waals surface area contributed by atoms with Gasteiger partial charge in [-0.3, -0.25) is 9.59 Å². The maximum atomic E-state index is 13.3. The molecule has 3 rings (SSSR count). The molecule has 3 N–H and O–H groups in total. The Morgan fingerprint density at radius 3 is 2.34 bits per heavy atom. The van der Waals surface area contributed by atoms with E-state index in [-0.39, 0.29) is 23.7 Å². The Morgan fingerprint density at radius 1 is 1.24 bits per heavy atom. The number of rotatable bonds is 5. The highest BCUT2D eigenvalue weighted by Gasteiger charge is 2.50. The minimum Gasteiger partial charge on any atom is -0.384 e. The zero-order chi connectivity index (χ0) is 21.4. The van der Waals surface area contributed by atoms with Gasteiger partial charge in [0.1, 0.15) is 6.04 Å². The van der Waals surface area contributed by atoms with E-state index in [4.69, 9.17) is 11.6 Å². The van der Waals surface area contributed by atoms with Gasteiger partial charge in [0.15, 0.2) is 0 Å². The summed E-state index contributed by atoms with van der Waals surface area (Å²) in [7, 11) is 0. The molecule has 0 aliphatic carbocycles. The maximum absolute atomic E-state index is 13.3. The van der Waals surface area contributed by atoms with Gasteiger partial charge in [-0.1, -0.05) is 51.4 Å². The highest BCUT2D eigenvalue weighted by molar-refractivity contribution is 6.30. The van der Waals surface area contributed by atoms with Gasteiger partial charge >= 0.3 is 0 Å². The first-order chi connectivity index (χ1) is 13.5. The number of nitrogens with one attached hydrogen (secondary N) is 2. The van der Waals surface area contributed by atoms with E-state index in [9.17, 15) is 14.7 Å². The van der Waals surface area contributed by atoms with Crippen molar-refractivity contribution in [2.24, 2.45) is 17.3 Å². The first kappa shape index (κ1) is 22.1. The number of carbonyl (C=O) groups excluding carboxylic acids is 2. The Kier molecular flexibility index (Phi) is 6.27. The zero-order valence-corrected chi connectivity index (χ0v) is 18.4. The number of halogens is 1. The third-order valence-corrected chi connectivity index (χ3v) is 6.72. The Labute approximate surface area is 178 Å². The molecule has 160 valence electrons. The summed E-state index contributed by atoms with van der Waals surface area (Å²) < 4.78 is 0. The van der Waals surface area contributed by atoms with Gasteiger partial charge in [-0.2, -0.15) is 0 Å². The molecule has 29 heavy (non-hydrogen) atoms. The Bertz CT molecular complexity index is 761. The maximum Gasteiger partial charge on any atom is 0.245 e. The highest BCUT2D eigenvalue weighted by Crippen LogP contribution is 2.46.